The van der Waals surface area contributed by atoms with Crippen LogP contribution in [0.2, 0.25) is 0 Å². The minimum absolute atomic E-state index is 0.660. The Morgan fingerprint density at radius 1 is 0.138 bits per heavy atom. The largest absolute Gasteiger partial charge is 0.233 e. The van der Waals surface area contributed by atoms with Crippen LogP contribution in [0.5, 0.6) is 0 Å². The van der Waals surface area contributed by atoms with Crippen molar-refractivity contribution in [1.82, 2.24) is 24.9 Å². The molecule has 14 aromatic rings. The fraction of sp³-hybridized carbons (Fsp3) is 0.112. The monoisotopic (exact) mass is 1210 g/mol. The van der Waals surface area contributed by atoms with Crippen molar-refractivity contribution in [2.45, 2.75) is 69.2 Å². The molecule has 0 atom stereocenters. The number of aryl methyl sites for hydroxylation is 10. The number of benzene rings is 12. The number of rotatable bonds is 12. The Labute approximate surface area is 554 Å². The van der Waals surface area contributed by atoms with Crippen molar-refractivity contribution < 1.29 is 0 Å². The Bertz CT molecular complexity index is 4140. The first kappa shape index (κ1) is 61.6. The van der Waals surface area contributed by atoms with Gasteiger partial charge in [-0.15, -0.1) is 0 Å². The minimum atomic E-state index is 0.660. The van der Waals surface area contributed by atoms with Crippen LogP contribution in [-0.2, 0) is 0 Å². The van der Waals surface area contributed by atoms with Gasteiger partial charge in [0.25, 0.3) is 0 Å². The highest BCUT2D eigenvalue weighted by molar-refractivity contribution is 5.86. The minimum Gasteiger partial charge on any atom is -0.233 e. The molecule has 0 unspecified atom stereocenters. The van der Waals surface area contributed by atoms with E-state index in [1.807, 2.05) is 13.8 Å². The van der Waals surface area contributed by atoms with Crippen molar-refractivity contribution in [3.05, 3.63) is 329 Å². The van der Waals surface area contributed by atoms with E-state index < -0.39 is 0 Å². The van der Waals surface area contributed by atoms with Gasteiger partial charge in [-0.05, 0) is 237 Å². The van der Waals surface area contributed by atoms with Crippen LogP contribution in [0.4, 0.5) is 0 Å². The van der Waals surface area contributed by atoms with E-state index in [0.717, 1.165) is 84.0 Å². The summed E-state index contributed by atoms with van der Waals surface area (Å²) in [4.78, 5) is 24.9. The summed E-state index contributed by atoms with van der Waals surface area (Å²) < 4.78 is 0. The Kier molecular flexibility index (Phi) is 17.6. The smallest absolute Gasteiger partial charge is 0.163 e. The third-order valence-electron chi connectivity index (χ3n) is 17.5. The van der Waals surface area contributed by atoms with Gasteiger partial charge in [-0.1, -0.05) is 239 Å². The highest BCUT2D eigenvalue weighted by Gasteiger charge is 2.18. The Hall–Kier alpha value is -11.3. The lowest BCUT2D eigenvalue weighted by atomic mass is 9.93. The highest BCUT2D eigenvalue weighted by atomic mass is 15.0. The van der Waals surface area contributed by atoms with Gasteiger partial charge in [0, 0.05) is 22.3 Å². The van der Waals surface area contributed by atoms with E-state index >= 15 is 0 Å². The van der Waals surface area contributed by atoms with Crippen LogP contribution in [0.3, 0.4) is 0 Å². The molecule has 2 heterocycles. The van der Waals surface area contributed by atoms with Gasteiger partial charge in [-0.2, -0.15) is 0 Å². The number of aromatic nitrogens is 5. The molecule has 14 rings (SSSR count). The van der Waals surface area contributed by atoms with Crippen molar-refractivity contribution in [3.8, 4) is 134 Å². The summed E-state index contributed by atoms with van der Waals surface area (Å²) >= 11 is 0. The Morgan fingerprint density at radius 3 is 0.489 bits per heavy atom. The van der Waals surface area contributed by atoms with Gasteiger partial charge >= 0.3 is 0 Å². The highest BCUT2D eigenvalue weighted by Crippen LogP contribution is 2.39. The van der Waals surface area contributed by atoms with Gasteiger partial charge in [0.1, 0.15) is 11.6 Å². The first-order valence-corrected chi connectivity index (χ1v) is 32.3. The fourth-order valence-corrected chi connectivity index (χ4v) is 12.0. The summed E-state index contributed by atoms with van der Waals surface area (Å²) in [5, 5.41) is 0. The number of hydrogen-bond acceptors (Lipinski definition) is 5. The molecule has 94 heavy (non-hydrogen) atoms. The fourth-order valence-electron chi connectivity index (χ4n) is 12.0. The predicted octanol–water partition coefficient (Wildman–Crippen LogP) is 23.4. The maximum atomic E-state index is 5.15. The molecular weight excluding hydrogens is 1140 g/mol. The van der Waals surface area contributed by atoms with Crippen LogP contribution in [0, 0.1) is 69.2 Å². The van der Waals surface area contributed by atoms with Gasteiger partial charge in [-0.3, -0.25) is 0 Å². The standard InChI is InChI=1S/C45H38N2.C44H37N3/c1-29-6-14-34(15-7-29)38-22-39(35-16-8-30(2)9-17-35)25-42(24-38)44-28-45(47-33(5)46-44)43-26-40(36-18-10-31(3)11-19-36)23-41(27-43)37-20-12-32(4)13-21-37;1-28-6-14-33(15-7-28)37-22-38(34-16-8-29(2)9-17-34)25-41(24-37)43-45-32(5)46-44(47-43)42-26-39(35-18-10-30(3)11-19-35)23-40(27-42)36-20-12-31(4)13-21-36/h6-28H,1-5H3;6-27H,1-5H3. The maximum absolute atomic E-state index is 5.15. The molecule has 0 saturated carbocycles. The first-order chi connectivity index (χ1) is 45.5. The molecule has 0 bridgehead atoms. The molecule has 2 aromatic heterocycles. The topological polar surface area (TPSA) is 64.5 Å². The second-order valence-electron chi connectivity index (χ2n) is 25.3. The van der Waals surface area contributed by atoms with E-state index in [9.17, 15) is 0 Å². The molecule has 456 valence electrons. The van der Waals surface area contributed by atoms with Crippen LogP contribution in [0.25, 0.3) is 134 Å². The van der Waals surface area contributed by atoms with E-state index in [2.05, 4.69) is 328 Å². The lowest BCUT2D eigenvalue weighted by Gasteiger charge is -2.14. The molecule has 12 aromatic carbocycles. The second-order valence-corrected chi connectivity index (χ2v) is 25.3. The van der Waals surface area contributed by atoms with E-state index in [1.165, 1.54) is 89.0 Å². The summed E-state index contributed by atoms with van der Waals surface area (Å²) in [5.74, 6) is 2.74. The van der Waals surface area contributed by atoms with Crippen molar-refractivity contribution in [1.29, 1.82) is 0 Å². The molecule has 5 nitrogen and oxygen atoms in total. The van der Waals surface area contributed by atoms with Crippen LogP contribution in [0.15, 0.2) is 273 Å². The summed E-state index contributed by atoms with van der Waals surface area (Å²) in [6, 6.07) is 98.8. The van der Waals surface area contributed by atoms with Gasteiger partial charge in [0.05, 0.1) is 11.4 Å². The van der Waals surface area contributed by atoms with Crippen LogP contribution in [0.1, 0.15) is 56.2 Å². The van der Waals surface area contributed by atoms with Gasteiger partial charge in [-0.25, -0.2) is 24.9 Å². The summed E-state index contributed by atoms with van der Waals surface area (Å²) in [5.41, 5.74) is 34.3. The molecule has 5 heteroatoms. The van der Waals surface area contributed by atoms with Crippen molar-refractivity contribution in [2.75, 3.05) is 0 Å². The van der Waals surface area contributed by atoms with Gasteiger partial charge in [0.2, 0.25) is 0 Å². The normalized spacial score (nSPS) is 11.1. The van der Waals surface area contributed by atoms with Crippen molar-refractivity contribution >= 4 is 0 Å². The van der Waals surface area contributed by atoms with E-state index in [-0.39, 0.29) is 0 Å². The predicted molar refractivity (Wildman–Crippen MR) is 394 cm³/mol. The first-order valence-electron chi connectivity index (χ1n) is 32.3. The molecule has 0 spiro atoms. The molecule has 0 radical (unpaired) electrons. The zero-order valence-corrected chi connectivity index (χ0v) is 55.2. The Morgan fingerprint density at radius 2 is 0.298 bits per heavy atom. The Balaban J connectivity index is 0.000000171. The molecule has 0 amide bonds. The molecule has 0 N–H and O–H groups in total. The average Bonchev–Trinajstić information content (AvgIpc) is 0.859. The van der Waals surface area contributed by atoms with Gasteiger partial charge < -0.3 is 0 Å². The molecule has 0 aliphatic carbocycles. The molecule has 0 aliphatic rings. The quantitative estimate of drug-likeness (QED) is 0.122. The van der Waals surface area contributed by atoms with Crippen LogP contribution in [-0.4, -0.2) is 24.9 Å². The second kappa shape index (κ2) is 26.9. The lowest BCUT2D eigenvalue weighted by Crippen LogP contribution is -2.00. The van der Waals surface area contributed by atoms with Crippen LogP contribution >= 0.6 is 0 Å². The summed E-state index contributed by atoms with van der Waals surface area (Å²) in [6.45, 7) is 20.9. The molecule has 0 saturated heterocycles. The SMILES string of the molecule is Cc1ccc(-c2cc(-c3ccc(C)cc3)cc(-c3cc(-c4cc(-c5ccc(C)cc5)cc(-c5ccc(C)cc5)c4)nc(C)n3)c2)cc1.Cc1ccc(-c2cc(-c3ccc(C)cc3)cc(-c3nc(C)nc(-c4cc(-c5ccc(C)cc5)cc(-c5ccc(C)cc5)c4)n3)c2)cc1. The van der Waals surface area contributed by atoms with Gasteiger partial charge in [0.15, 0.2) is 11.6 Å². The maximum Gasteiger partial charge on any atom is 0.163 e. The zero-order chi connectivity index (χ0) is 65.0. The third-order valence-corrected chi connectivity index (χ3v) is 17.5. The summed E-state index contributed by atoms with van der Waals surface area (Å²) in [6.07, 6.45) is 0. The molecule has 0 aliphatic heterocycles. The van der Waals surface area contributed by atoms with E-state index in [4.69, 9.17) is 24.9 Å². The van der Waals surface area contributed by atoms with E-state index in [0.29, 0.717) is 17.5 Å². The third kappa shape index (κ3) is 14.4. The molecule has 0 fully saturated rings. The number of nitrogens with zero attached hydrogens (tertiary/aromatic N) is 5. The van der Waals surface area contributed by atoms with Crippen LogP contribution < -0.4 is 0 Å². The lowest BCUT2D eigenvalue weighted by molar-refractivity contribution is 0.992. The van der Waals surface area contributed by atoms with Crippen molar-refractivity contribution in [3.63, 3.8) is 0 Å². The van der Waals surface area contributed by atoms with E-state index in [1.54, 1.807) is 0 Å². The number of hydrogen-bond donors (Lipinski definition) is 0. The average molecular weight is 1210 g/mol. The summed E-state index contributed by atoms with van der Waals surface area (Å²) in [7, 11) is 0. The zero-order valence-electron chi connectivity index (χ0n) is 55.2. The van der Waals surface area contributed by atoms with Crippen molar-refractivity contribution in [2.24, 2.45) is 0 Å². The molecular formula is C89H75N5.